The molecule has 0 amide bonds. The number of likely N-dealkylation sites (tertiary alicyclic amines) is 1. The molecule has 1 aromatic rings. The SMILES string of the molecule is O=[N+]([O-])c1ccccc1C(=S)N1CCC[C@H]1C=S. The molecule has 0 aliphatic carbocycles. The van der Waals surface area contributed by atoms with Crippen molar-refractivity contribution in [2.24, 2.45) is 0 Å². The minimum absolute atomic E-state index is 0.0533. The van der Waals surface area contributed by atoms with Gasteiger partial charge in [0.25, 0.3) is 5.69 Å². The Kier molecular flexibility index (Phi) is 3.98. The first-order valence-electron chi connectivity index (χ1n) is 5.65. The quantitative estimate of drug-likeness (QED) is 0.484. The van der Waals surface area contributed by atoms with E-state index in [9.17, 15) is 10.1 Å². The minimum atomic E-state index is -0.399. The fourth-order valence-electron chi connectivity index (χ4n) is 2.15. The summed E-state index contributed by atoms with van der Waals surface area (Å²) in [6.45, 7) is 0.808. The smallest absolute Gasteiger partial charge is 0.279 e. The molecular formula is C12H12N2O2S2. The number of nitro groups is 1. The van der Waals surface area contributed by atoms with Crippen LogP contribution < -0.4 is 0 Å². The van der Waals surface area contributed by atoms with Gasteiger partial charge in [-0.05, 0) is 18.9 Å². The number of thiocarbonyl (C=S) groups is 2. The van der Waals surface area contributed by atoms with Crippen molar-refractivity contribution >= 4 is 40.5 Å². The van der Waals surface area contributed by atoms with Gasteiger partial charge >= 0.3 is 0 Å². The van der Waals surface area contributed by atoms with Gasteiger partial charge in [-0.25, -0.2) is 0 Å². The van der Waals surface area contributed by atoms with Crippen LogP contribution in [0.2, 0.25) is 0 Å². The Morgan fingerprint density at radius 1 is 1.50 bits per heavy atom. The van der Waals surface area contributed by atoms with Crippen LogP contribution in [-0.2, 0) is 0 Å². The summed E-state index contributed by atoms with van der Waals surface area (Å²) in [5.74, 6) is 0. The summed E-state index contributed by atoms with van der Waals surface area (Å²) in [5, 5.41) is 12.7. The van der Waals surface area contributed by atoms with E-state index in [0.29, 0.717) is 10.6 Å². The van der Waals surface area contributed by atoms with Crippen molar-refractivity contribution < 1.29 is 4.92 Å². The molecule has 0 bridgehead atoms. The van der Waals surface area contributed by atoms with Crippen molar-refractivity contribution in [3.05, 3.63) is 39.9 Å². The van der Waals surface area contributed by atoms with Gasteiger partial charge in [0, 0.05) is 18.0 Å². The van der Waals surface area contributed by atoms with Crippen molar-refractivity contribution in [2.75, 3.05) is 6.54 Å². The van der Waals surface area contributed by atoms with Crippen LogP contribution in [0.1, 0.15) is 18.4 Å². The number of benzene rings is 1. The van der Waals surface area contributed by atoms with Crippen LogP contribution in [-0.4, -0.2) is 32.8 Å². The molecule has 0 aromatic heterocycles. The van der Waals surface area contributed by atoms with Crippen LogP contribution in [0, 0.1) is 10.1 Å². The molecule has 0 saturated carbocycles. The first kappa shape index (κ1) is 13.0. The Balaban J connectivity index is 2.34. The largest absolute Gasteiger partial charge is 0.355 e. The maximum absolute atomic E-state index is 11.0. The number of nitrogens with zero attached hydrogens (tertiary/aromatic N) is 2. The van der Waals surface area contributed by atoms with Crippen molar-refractivity contribution in [2.45, 2.75) is 18.9 Å². The Morgan fingerprint density at radius 3 is 2.89 bits per heavy atom. The lowest BCUT2D eigenvalue weighted by atomic mass is 10.1. The summed E-state index contributed by atoms with van der Waals surface area (Å²) < 4.78 is 0. The average Bonchev–Trinajstić information content (AvgIpc) is 2.86. The third kappa shape index (κ3) is 2.39. The lowest BCUT2D eigenvalue weighted by molar-refractivity contribution is -0.385. The number of rotatable bonds is 3. The van der Waals surface area contributed by atoms with Gasteiger partial charge in [0.15, 0.2) is 0 Å². The molecule has 1 saturated heterocycles. The molecule has 0 spiro atoms. The summed E-state index contributed by atoms with van der Waals surface area (Å²) in [7, 11) is 0. The summed E-state index contributed by atoms with van der Waals surface area (Å²) in [4.78, 5) is 13.1. The normalized spacial score (nSPS) is 18.7. The van der Waals surface area contributed by atoms with Crippen LogP contribution in [0.5, 0.6) is 0 Å². The van der Waals surface area contributed by atoms with Crippen LogP contribution >= 0.6 is 24.4 Å². The number of hydrogen-bond acceptors (Lipinski definition) is 4. The fourth-order valence-corrected chi connectivity index (χ4v) is 2.84. The summed E-state index contributed by atoms with van der Waals surface area (Å²) in [6, 6.07) is 6.69. The number of nitro benzene ring substituents is 1. The van der Waals surface area contributed by atoms with E-state index >= 15 is 0 Å². The monoisotopic (exact) mass is 280 g/mol. The Morgan fingerprint density at radius 2 is 2.22 bits per heavy atom. The van der Waals surface area contributed by atoms with E-state index in [0.717, 1.165) is 19.4 Å². The predicted molar refractivity (Wildman–Crippen MR) is 78.2 cm³/mol. The van der Waals surface area contributed by atoms with E-state index in [4.69, 9.17) is 24.4 Å². The lowest BCUT2D eigenvalue weighted by Gasteiger charge is -2.24. The molecule has 1 fully saturated rings. The Labute approximate surface area is 116 Å². The second-order valence-electron chi connectivity index (χ2n) is 4.12. The molecule has 0 radical (unpaired) electrons. The summed E-state index contributed by atoms with van der Waals surface area (Å²) >= 11 is 10.4. The average molecular weight is 280 g/mol. The van der Waals surface area contributed by atoms with Gasteiger partial charge in [0.2, 0.25) is 0 Å². The van der Waals surface area contributed by atoms with E-state index in [1.807, 2.05) is 4.90 Å². The van der Waals surface area contributed by atoms with Crippen LogP contribution in [0.3, 0.4) is 0 Å². The molecule has 18 heavy (non-hydrogen) atoms. The van der Waals surface area contributed by atoms with E-state index < -0.39 is 4.92 Å². The molecule has 1 aliphatic rings. The fraction of sp³-hybridized carbons (Fsp3) is 0.333. The Hall–Kier alpha value is -1.40. The number of para-hydroxylation sites is 1. The molecular weight excluding hydrogens is 268 g/mol. The minimum Gasteiger partial charge on any atom is -0.355 e. The number of hydrogen-bond donors (Lipinski definition) is 0. The molecule has 0 unspecified atom stereocenters. The Bertz CT molecular complexity index is 505. The van der Waals surface area contributed by atoms with Crippen molar-refractivity contribution in [1.29, 1.82) is 0 Å². The van der Waals surface area contributed by atoms with Gasteiger partial charge in [0.05, 0.1) is 16.5 Å². The third-order valence-corrected chi connectivity index (χ3v) is 3.82. The van der Waals surface area contributed by atoms with Crippen LogP contribution in [0.25, 0.3) is 0 Å². The zero-order valence-electron chi connectivity index (χ0n) is 9.61. The zero-order valence-corrected chi connectivity index (χ0v) is 11.2. The van der Waals surface area contributed by atoms with Crippen molar-refractivity contribution in [1.82, 2.24) is 4.90 Å². The molecule has 1 aromatic carbocycles. The van der Waals surface area contributed by atoms with Crippen LogP contribution in [0.15, 0.2) is 24.3 Å². The van der Waals surface area contributed by atoms with Gasteiger partial charge in [-0.3, -0.25) is 10.1 Å². The maximum Gasteiger partial charge on any atom is 0.279 e. The van der Waals surface area contributed by atoms with Gasteiger partial charge in [-0.1, -0.05) is 36.6 Å². The van der Waals surface area contributed by atoms with Crippen molar-refractivity contribution in [3.63, 3.8) is 0 Å². The summed E-state index contributed by atoms with van der Waals surface area (Å²) in [6.07, 6.45) is 1.98. The standard InChI is InChI=1S/C12H12N2O2S2/c15-14(16)11-6-2-1-5-10(11)12(18)13-7-3-4-9(13)8-17/h1-2,5-6,8-9H,3-4,7H2/t9-/m0/s1. The lowest BCUT2D eigenvalue weighted by Crippen LogP contribution is -2.35. The highest BCUT2D eigenvalue weighted by Gasteiger charge is 2.28. The van der Waals surface area contributed by atoms with Gasteiger partial charge < -0.3 is 4.90 Å². The second-order valence-corrected chi connectivity index (χ2v) is 4.78. The molecule has 1 heterocycles. The predicted octanol–water partition coefficient (Wildman–Crippen LogP) is 2.73. The topological polar surface area (TPSA) is 46.4 Å². The summed E-state index contributed by atoms with van der Waals surface area (Å²) in [5.41, 5.74) is 0.554. The maximum atomic E-state index is 11.0. The van der Waals surface area contributed by atoms with Crippen molar-refractivity contribution in [3.8, 4) is 0 Å². The molecule has 1 atom stereocenters. The van der Waals surface area contributed by atoms with Gasteiger partial charge in [-0.15, -0.1) is 0 Å². The molecule has 6 heteroatoms. The van der Waals surface area contributed by atoms with Gasteiger partial charge in [0.1, 0.15) is 4.99 Å². The first-order chi connectivity index (χ1) is 8.65. The van der Waals surface area contributed by atoms with E-state index in [2.05, 4.69) is 0 Å². The van der Waals surface area contributed by atoms with E-state index in [-0.39, 0.29) is 11.7 Å². The molecule has 4 nitrogen and oxygen atoms in total. The van der Waals surface area contributed by atoms with E-state index in [1.54, 1.807) is 23.6 Å². The van der Waals surface area contributed by atoms with Crippen LogP contribution in [0.4, 0.5) is 5.69 Å². The second kappa shape index (κ2) is 5.49. The first-order valence-corrected chi connectivity index (χ1v) is 6.53. The third-order valence-electron chi connectivity index (χ3n) is 3.05. The zero-order chi connectivity index (χ0) is 13.1. The van der Waals surface area contributed by atoms with E-state index in [1.165, 1.54) is 6.07 Å². The molecule has 94 valence electrons. The van der Waals surface area contributed by atoms with Gasteiger partial charge in [-0.2, -0.15) is 0 Å². The highest BCUT2D eigenvalue weighted by molar-refractivity contribution is 7.80. The molecule has 2 rings (SSSR count). The highest BCUT2D eigenvalue weighted by atomic mass is 32.1. The molecule has 1 aliphatic heterocycles. The molecule has 0 N–H and O–H groups in total. The highest BCUT2D eigenvalue weighted by Crippen LogP contribution is 2.25.